The second-order valence-corrected chi connectivity index (χ2v) is 8.27. The van der Waals surface area contributed by atoms with E-state index >= 15 is 0 Å². The third-order valence-corrected chi connectivity index (χ3v) is 6.24. The maximum atomic E-state index is 13.5. The van der Waals surface area contributed by atoms with Gasteiger partial charge in [0.05, 0.1) is 36.8 Å². The summed E-state index contributed by atoms with van der Waals surface area (Å²) in [5.41, 5.74) is 2.67. The molecule has 1 fully saturated rings. The SMILES string of the molecule is COc1ccc(-c2c(C)oc3c4c(ccc3c2=O)OCN(C[C@@H]2CCCO2)C4)cc1OC. The number of benzene rings is 2. The molecule has 5 rings (SSSR count). The molecular weight excluding hydrogens is 410 g/mol. The molecule has 0 amide bonds. The summed E-state index contributed by atoms with van der Waals surface area (Å²) in [5.74, 6) is 2.49. The van der Waals surface area contributed by atoms with Crippen LogP contribution in [0, 0.1) is 6.92 Å². The van der Waals surface area contributed by atoms with Gasteiger partial charge in [0.15, 0.2) is 11.5 Å². The number of hydrogen-bond donors (Lipinski definition) is 0. The topological polar surface area (TPSA) is 70.4 Å². The number of fused-ring (bicyclic) bond motifs is 3. The molecule has 0 aliphatic carbocycles. The maximum absolute atomic E-state index is 13.5. The summed E-state index contributed by atoms with van der Waals surface area (Å²) in [4.78, 5) is 15.7. The van der Waals surface area contributed by atoms with E-state index in [4.69, 9.17) is 23.4 Å². The Labute approximate surface area is 186 Å². The monoisotopic (exact) mass is 437 g/mol. The first kappa shape index (κ1) is 20.8. The van der Waals surface area contributed by atoms with Gasteiger partial charge in [0, 0.05) is 19.7 Å². The highest BCUT2D eigenvalue weighted by Crippen LogP contribution is 2.36. The van der Waals surface area contributed by atoms with Crippen LogP contribution in [0.4, 0.5) is 0 Å². The van der Waals surface area contributed by atoms with Gasteiger partial charge in [-0.25, -0.2) is 0 Å². The fourth-order valence-electron chi connectivity index (χ4n) is 4.64. The largest absolute Gasteiger partial charge is 0.493 e. The van der Waals surface area contributed by atoms with E-state index in [1.54, 1.807) is 32.4 Å². The zero-order valence-corrected chi connectivity index (χ0v) is 18.6. The molecule has 168 valence electrons. The minimum Gasteiger partial charge on any atom is -0.493 e. The lowest BCUT2D eigenvalue weighted by atomic mass is 10.00. The van der Waals surface area contributed by atoms with Crippen molar-refractivity contribution in [2.45, 2.75) is 32.4 Å². The summed E-state index contributed by atoms with van der Waals surface area (Å²) in [6, 6.07) is 9.10. The quantitative estimate of drug-likeness (QED) is 0.595. The molecule has 0 spiro atoms. The summed E-state index contributed by atoms with van der Waals surface area (Å²) in [6.07, 6.45) is 2.41. The number of aryl methyl sites for hydroxylation is 1. The molecule has 0 bridgehead atoms. The predicted octanol–water partition coefficient (Wildman–Crippen LogP) is 4.12. The Kier molecular flexibility index (Phi) is 5.53. The van der Waals surface area contributed by atoms with Crippen molar-refractivity contribution in [1.82, 2.24) is 4.90 Å². The molecule has 3 aromatic rings. The Bertz CT molecular complexity index is 1210. The highest BCUT2D eigenvalue weighted by atomic mass is 16.5. The van der Waals surface area contributed by atoms with E-state index in [0.717, 1.165) is 42.9 Å². The Morgan fingerprint density at radius 2 is 1.97 bits per heavy atom. The molecule has 1 saturated heterocycles. The van der Waals surface area contributed by atoms with Gasteiger partial charge in [0.25, 0.3) is 0 Å². The molecule has 7 nitrogen and oxygen atoms in total. The van der Waals surface area contributed by atoms with Crippen LogP contribution in [0.3, 0.4) is 0 Å². The summed E-state index contributed by atoms with van der Waals surface area (Å²) in [6.45, 7) is 4.62. The fraction of sp³-hybridized carbons (Fsp3) is 0.400. The van der Waals surface area contributed by atoms with Crippen LogP contribution < -0.4 is 19.6 Å². The van der Waals surface area contributed by atoms with Crippen molar-refractivity contribution in [3.63, 3.8) is 0 Å². The molecular formula is C25H27NO6. The molecule has 2 aliphatic heterocycles. The van der Waals surface area contributed by atoms with Gasteiger partial charge in [-0.1, -0.05) is 6.07 Å². The number of nitrogens with zero attached hydrogens (tertiary/aromatic N) is 1. The predicted molar refractivity (Wildman–Crippen MR) is 121 cm³/mol. The third kappa shape index (κ3) is 3.61. The molecule has 2 aliphatic rings. The first-order chi connectivity index (χ1) is 15.6. The smallest absolute Gasteiger partial charge is 0.200 e. The zero-order chi connectivity index (χ0) is 22.2. The van der Waals surface area contributed by atoms with Crippen molar-refractivity contribution in [3.05, 3.63) is 51.9 Å². The Balaban J connectivity index is 1.56. The van der Waals surface area contributed by atoms with Gasteiger partial charge in [-0.15, -0.1) is 0 Å². The van der Waals surface area contributed by atoms with Crippen LogP contribution >= 0.6 is 0 Å². The lowest BCUT2D eigenvalue weighted by Crippen LogP contribution is -2.37. The number of rotatable bonds is 5. The molecule has 0 saturated carbocycles. The van der Waals surface area contributed by atoms with E-state index in [0.29, 0.717) is 47.1 Å². The Morgan fingerprint density at radius 3 is 2.72 bits per heavy atom. The number of methoxy groups -OCH3 is 2. The van der Waals surface area contributed by atoms with Crippen LogP contribution in [0.5, 0.6) is 17.2 Å². The number of hydrogen-bond acceptors (Lipinski definition) is 7. The van der Waals surface area contributed by atoms with E-state index in [9.17, 15) is 4.79 Å². The standard InChI is InChI=1S/C25H27NO6/c1-15-23(16-6-8-21(28-2)22(11-16)29-3)24(27)18-7-9-20-19(25(18)32-15)13-26(14-31-20)12-17-5-4-10-30-17/h6-9,11,17H,4-5,10,12-14H2,1-3H3/t17-/m0/s1. The highest BCUT2D eigenvalue weighted by Gasteiger charge is 2.27. The van der Waals surface area contributed by atoms with Crippen molar-refractivity contribution in [1.29, 1.82) is 0 Å². The third-order valence-electron chi connectivity index (χ3n) is 6.24. The summed E-state index contributed by atoms with van der Waals surface area (Å²) < 4.78 is 28.8. The summed E-state index contributed by atoms with van der Waals surface area (Å²) in [7, 11) is 3.16. The zero-order valence-electron chi connectivity index (χ0n) is 18.6. The average molecular weight is 437 g/mol. The van der Waals surface area contributed by atoms with Crippen molar-refractivity contribution < 1.29 is 23.4 Å². The maximum Gasteiger partial charge on any atom is 0.200 e. The molecule has 7 heteroatoms. The van der Waals surface area contributed by atoms with Crippen LogP contribution in [-0.2, 0) is 11.3 Å². The van der Waals surface area contributed by atoms with Crippen molar-refractivity contribution in [2.75, 3.05) is 34.1 Å². The fourth-order valence-corrected chi connectivity index (χ4v) is 4.64. The molecule has 0 N–H and O–H groups in total. The van der Waals surface area contributed by atoms with Crippen LogP contribution in [0.1, 0.15) is 24.2 Å². The average Bonchev–Trinajstić information content (AvgIpc) is 3.32. The first-order valence-electron chi connectivity index (χ1n) is 10.9. The van der Waals surface area contributed by atoms with Gasteiger partial charge in [0.2, 0.25) is 5.43 Å². The second-order valence-electron chi connectivity index (χ2n) is 8.27. The van der Waals surface area contributed by atoms with E-state index in [-0.39, 0.29) is 11.5 Å². The van der Waals surface area contributed by atoms with E-state index in [1.807, 2.05) is 19.1 Å². The van der Waals surface area contributed by atoms with Gasteiger partial charge < -0.3 is 23.4 Å². The molecule has 2 aromatic carbocycles. The van der Waals surface area contributed by atoms with Gasteiger partial charge in [-0.05, 0) is 49.6 Å². The number of ether oxygens (including phenoxy) is 4. The Morgan fingerprint density at radius 1 is 1.12 bits per heavy atom. The van der Waals surface area contributed by atoms with Gasteiger partial charge in [0.1, 0.15) is 23.8 Å². The van der Waals surface area contributed by atoms with Gasteiger partial charge in [-0.2, -0.15) is 0 Å². The molecule has 0 unspecified atom stereocenters. The van der Waals surface area contributed by atoms with Crippen molar-refractivity contribution in [3.8, 4) is 28.4 Å². The van der Waals surface area contributed by atoms with Gasteiger partial charge in [-0.3, -0.25) is 9.69 Å². The van der Waals surface area contributed by atoms with Crippen LogP contribution in [0.15, 0.2) is 39.5 Å². The van der Waals surface area contributed by atoms with Crippen molar-refractivity contribution in [2.24, 2.45) is 0 Å². The highest BCUT2D eigenvalue weighted by molar-refractivity contribution is 5.87. The van der Waals surface area contributed by atoms with Crippen LogP contribution in [0.2, 0.25) is 0 Å². The summed E-state index contributed by atoms with van der Waals surface area (Å²) >= 11 is 0. The first-order valence-corrected chi connectivity index (χ1v) is 10.9. The second kappa shape index (κ2) is 8.48. The van der Waals surface area contributed by atoms with Crippen molar-refractivity contribution >= 4 is 11.0 Å². The summed E-state index contributed by atoms with van der Waals surface area (Å²) in [5, 5.41) is 0.543. The minimum absolute atomic E-state index is 0.0741. The molecule has 1 atom stereocenters. The minimum atomic E-state index is -0.0741. The van der Waals surface area contributed by atoms with Gasteiger partial charge >= 0.3 is 0 Å². The van der Waals surface area contributed by atoms with E-state index in [1.165, 1.54) is 0 Å². The molecule has 3 heterocycles. The normalized spacial score (nSPS) is 18.4. The van der Waals surface area contributed by atoms with E-state index in [2.05, 4.69) is 4.90 Å². The lowest BCUT2D eigenvalue weighted by molar-refractivity contribution is 0.0281. The molecule has 0 radical (unpaired) electrons. The van der Waals surface area contributed by atoms with E-state index < -0.39 is 0 Å². The molecule has 32 heavy (non-hydrogen) atoms. The van der Waals surface area contributed by atoms with Crippen LogP contribution in [-0.4, -0.2) is 45.1 Å². The molecule has 1 aromatic heterocycles. The Hall–Kier alpha value is -3.03. The lowest BCUT2D eigenvalue weighted by Gasteiger charge is -2.30. The van der Waals surface area contributed by atoms with Crippen LogP contribution in [0.25, 0.3) is 22.1 Å².